The van der Waals surface area contributed by atoms with Gasteiger partial charge in [-0.2, -0.15) is 0 Å². The van der Waals surface area contributed by atoms with E-state index in [4.69, 9.17) is 0 Å². The van der Waals surface area contributed by atoms with Crippen LogP contribution < -0.4 is 10.9 Å². The highest BCUT2D eigenvalue weighted by Gasteiger charge is 2.22. The van der Waals surface area contributed by atoms with E-state index >= 15 is 0 Å². The third kappa shape index (κ3) is 2.06. The summed E-state index contributed by atoms with van der Waals surface area (Å²) in [6.07, 6.45) is 5.95. The van der Waals surface area contributed by atoms with E-state index in [0.717, 1.165) is 29.8 Å². The van der Waals surface area contributed by atoms with Gasteiger partial charge in [-0.25, -0.2) is 9.97 Å². The molecule has 8 heteroatoms. The second-order valence-corrected chi connectivity index (χ2v) is 7.45. The molecule has 0 saturated carbocycles. The average Bonchev–Trinajstić information content (AvgIpc) is 3.14. The highest BCUT2D eigenvalue weighted by Crippen LogP contribution is 2.29. The fraction of sp³-hybridized carbons (Fsp3) is 0.286. The summed E-state index contributed by atoms with van der Waals surface area (Å²) in [5.74, 6) is -0.459. The molecule has 22 heavy (non-hydrogen) atoms. The zero-order valence-corrected chi connectivity index (χ0v) is 13.4. The summed E-state index contributed by atoms with van der Waals surface area (Å²) in [6, 6.07) is 0. The maximum absolute atomic E-state index is 12.6. The number of nitrogens with zero attached hydrogens (tertiary/aromatic N) is 3. The summed E-state index contributed by atoms with van der Waals surface area (Å²) in [4.78, 5) is 36.2. The zero-order chi connectivity index (χ0) is 15.3. The Morgan fingerprint density at radius 2 is 2.14 bits per heavy atom. The van der Waals surface area contributed by atoms with E-state index in [0.29, 0.717) is 10.1 Å². The van der Waals surface area contributed by atoms with Crippen molar-refractivity contribution in [3.8, 4) is 0 Å². The quantitative estimate of drug-likeness (QED) is 0.781. The van der Waals surface area contributed by atoms with Gasteiger partial charge in [-0.15, -0.1) is 22.7 Å². The number of carbonyl (C=O) groups is 1. The first-order valence-electron chi connectivity index (χ1n) is 6.89. The number of aromatic nitrogens is 3. The van der Waals surface area contributed by atoms with Crippen LogP contribution in [0, 0.1) is 6.92 Å². The van der Waals surface area contributed by atoms with Gasteiger partial charge in [-0.1, -0.05) is 0 Å². The normalized spacial score (nSPS) is 13.5. The molecule has 0 bridgehead atoms. The van der Waals surface area contributed by atoms with Crippen LogP contribution >= 0.6 is 22.7 Å². The predicted molar refractivity (Wildman–Crippen MR) is 86.2 cm³/mol. The van der Waals surface area contributed by atoms with Crippen LogP contribution in [0.5, 0.6) is 0 Å². The number of thiazole rings is 2. The fourth-order valence-corrected chi connectivity index (χ4v) is 4.47. The molecular weight excluding hydrogens is 320 g/mol. The van der Waals surface area contributed by atoms with Gasteiger partial charge in [0.1, 0.15) is 5.56 Å². The Hall–Kier alpha value is -2.06. The Morgan fingerprint density at radius 1 is 1.27 bits per heavy atom. The van der Waals surface area contributed by atoms with E-state index in [1.165, 1.54) is 33.7 Å². The third-order valence-corrected chi connectivity index (χ3v) is 5.62. The summed E-state index contributed by atoms with van der Waals surface area (Å²) in [5, 5.41) is 3.15. The van der Waals surface area contributed by atoms with Gasteiger partial charge in [0.25, 0.3) is 11.5 Å². The van der Waals surface area contributed by atoms with Crippen LogP contribution in [-0.2, 0) is 12.8 Å². The number of hydrogen-bond donors (Lipinski definition) is 1. The predicted octanol–water partition coefficient (Wildman–Crippen LogP) is 2.26. The highest BCUT2D eigenvalue weighted by molar-refractivity contribution is 7.17. The lowest BCUT2D eigenvalue weighted by Gasteiger charge is -2.02. The molecule has 4 rings (SSSR count). The van der Waals surface area contributed by atoms with Gasteiger partial charge >= 0.3 is 0 Å². The molecule has 0 spiro atoms. The van der Waals surface area contributed by atoms with Crippen molar-refractivity contribution < 1.29 is 4.79 Å². The molecule has 0 aliphatic heterocycles. The number of nitrogens with one attached hydrogen (secondary N) is 1. The van der Waals surface area contributed by atoms with Gasteiger partial charge in [-0.3, -0.25) is 19.3 Å². The summed E-state index contributed by atoms with van der Waals surface area (Å²) in [5.41, 5.74) is 0.769. The van der Waals surface area contributed by atoms with E-state index in [-0.39, 0.29) is 11.1 Å². The van der Waals surface area contributed by atoms with Crippen molar-refractivity contribution in [2.45, 2.75) is 26.2 Å². The summed E-state index contributed by atoms with van der Waals surface area (Å²) in [7, 11) is 0. The Kier molecular flexibility index (Phi) is 3.08. The number of aryl methyl sites for hydroxylation is 3. The number of fused-ring (bicyclic) bond motifs is 3. The molecule has 1 aliphatic carbocycles. The van der Waals surface area contributed by atoms with Crippen molar-refractivity contribution in [3.63, 3.8) is 0 Å². The maximum atomic E-state index is 12.6. The molecule has 0 radical (unpaired) electrons. The van der Waals surface area contributed by atoms with Gasteiger partial charge in [-0.05, 0) is 26.2 Å². The third-order valence-electron chi connectivity index (χ3n) is 3.64. The molecule has 1 aliphatic rings. The minimum absolute atomic E-state index is 0.0536. The van der Waals surface area contributed by atoms with Crippen molar-refractivity contribution in [2.75, 3.05) is 5.32 Å². The lowest BCUT2D eigenvalue weighted by Crippen LogP contribution is -2.27. The van der Waals surface area contributed by atoms with Crippen molar-refractivity contribution >= 4 is 38.7 Å². The minimum Gasteiger partial charge on any atom is -0.298 e. The van der Waals surface area contributed by atoms with Crippen LogP contribution in [0.3, 0.4) is 0 Å². The fourth-order valence-electron chi connectivity index (χ4n) is 2.64. The molecule has 6 nitrogen and oxygen atoms in total. The van der Waals surface area contributed by atoms with E-state index in [2.05, 4.69) is 15.3 Å². The molecule has 3 aromatic rings. The first kappa shape index (κ1) is 13.6. The van der Waals surface area contributed by atoms with Crippen LogP contribution in [0.1, 0.15) is 32.2 Å². The van der Waals surface area contributed by atoms with E-state index in [1.54, 1.807) is 10.6 Å². The second kappa shape index (κ2) is 4.99. The smallest absolute Gasteiger partial charge is 0.271 e. The number of carbonyl (C=O) groups excluding carboxylic acids is 1. The molecular formula is C14H12N4O2S2. The lowest BCUT2D eigenvalue weighted by molar-refractivity contribution is 0.102. The van der Waals surface area contributed by atoms with Crippen molar-refractivity contribution in [1.29, 1.82) is 0 Å². The highest BCUT2D eigenvalue weighted by atomic mass is 32.1. The Bertz CT molecular complexity index is 954. The lowest BCUT2D eigenvalue weighted by atomic mass is 10.3. The first-order chi connectivity index (χ1) is 10.6. The van der Waals surface area contributed by atoms with Gasteiger partial charge in [0, 0.05) is 27.8 Å². The standard InChI is InChI=1S/C14H12N4O2S2/c1-7-5-15-13(21-7)17-11(19)8-6-16-14-18(12(8)20)9-3-2-4-10(9)22-14/h5-6H,2-4H2,1H3,(H,15,17,19). The van der Waals surface area contributed by atoms with E-state index < -0.39 is 5.91 Å². The van der Waals surface area contributed by atoms with Gasteiger partial charge in [0.05, 0.1) is 0 Å². The molecule has 1 N–H and O–H groups in total. The largest absolute Gasteiger partial charge is 0.298 e. The van der Waals surface area contributed by atoms with Crippen LogP contribution in [0.2, 0.25) is 0 Å². The molecule has 0 fully saturated rings. The maximum Gasteiger partial charge on any atom is 0.271 e. The molecule has 0 unspecified atom stereocenters. The Morgan fingerprint density at radius 3 is 2.91 bits per heavy atom. The number of rotatable bonds is 2. The topological polar surface area (TPSA) is 76.4 Å². The SMILES string of the molecule is Cc1cnc(NC(=O)c2cnc3sc4c(n3c2=O)CCC4)s1. The van der Waals surface area contributed by atoms with Crippen molar-refractivity contribution in [3.05, 3.63) is 43.8 Å². The van der Waals surface area contributed by atoms with Gasteiger partial charge in [0.15, 0.2) is 10.1 Å². The molecule has 112 valence electrons. The molecule has 0 saturated heterocycles. The Balaban J connectivity index is 1.77. The van der Waals surface area contributed by atoms with Crippen molar-refractivity contribution in [1.82, 2.24) is 14.4 Å². The summed E-state index contributed by atoms with van der Waals surface area (Å²) in [6.45, 7) is 1.91. The monoisotopic (exact) mass is 332 g/mol. The van der Waals surface area contributed by atoms with Crippen LogP contribution in [0.25, 0.3) is 4.96 Å². The molecule has 0 aromatic carbocycles. The number of amides is 1. The molecule has 3 aromatic heterocycles. The summed E-state index contributed by atoms with van der Waals surface area (Å²) >= 11 is 2.91. The molecule has 3 heterocycles. The van der Waals surface area contributed by atoms with Gasteiger partial charge < -0.3 is 0 Å². The van der Waals surface area contributed by atoms with Crippen LogP contribution in [-0.4, -0.2) is 20.3 Å². The minimum atomic E-state index is -0.459. The summed E-state index contributed by atoms with van der Waals surface area (Å²) < 4.78 is 1.59. The van der Waals surface area contributed by atoms with Crippen molar-refractivity contribution in [2.24, 2.45) is 0 Å². The second-order valence-electron chi connectivity index (χ2n) is 5.15. The first-order valence-corrected chi connectivity index (χ1v) is 8.53. The van der Waals surface area contributed by atoms with Crippen LogP contribution in [0.15, 0.2) is 17.2 Å². The average molecular weight is 332 g/mol. The Labute approximate surface area is 133 Å². The number of anilines is 1. The van der Waals surface area contributed by atoms with Crippen LogP contribution in [0.4, 0.5) is 5.13 Å². The number of hydrogen-bond acceptors (Lipinski definition) is 6. The van der Waals surface area contributed by atoms with E-state index in [1.807, 2.05) is 6.92 Å². The zero-order valence-electron chi connectivity index (χ0n) is 11.8. The van der Waals surface area contributed by atoms with Gasteiger partial charge in [0.2, 0.25) is 0 Å². The van der Waals surface area contributed by atoms with E-state index in [9.17, 15) is 9.59 Å². The molecule has 1 amide bonds. The molecule has 0 atom stereocenters.